The van der Waals surface area contributed by atoms with Crippen LogP contribution in [0.15, 0.2) is 18.5 Å². The van der Waals surface area contributed by atoms with Gasteiger partial charge in [0.25, 0.3) is 5.88 Å². The molecule has 9 heteroatoms. The summed E-state index contributed by atoms with van der Waals surface area (Å²) in [6.07, 6.45) is 2.76. The summed E-state index contributed by atoms with van der Waals surface area (Å²) in [6, 6.07) is 3.97. The third kappa shape index (κ3) is 3.27. The average Bonchev–Trinajstić information content (AvgIpc) is 3.37. The smallest absolute Gasteiger partial charge is 0.257 e. The van der Waals surface area contributed by atoms with E-state index in [0.29, 0.717) is 30.2 Å². The molecule has 0 amide bonds. The van der Waals surface area contributed by atoms with Crippen LogP contribution in [-0.2, 0) is 11.7 Å². The van der Waals surface area contributed by atoms with Crippen molar-refractivity contribution in [1.29, 1.82) is 5.26 Å². The number of nitrogens with zero attached hydrogens (tertiary/aromatic N) is 6. The molecule has 0 aromatic carbocycles. The predicted molar refractivity (Wildman–Crippen MR) is 104 cm³/mol. The molecule has 3 aromatic rings. The van der Waals surface area contributed by atoms with Crippen molar-refractivity contribution in [2.24, 2.45) is 12.9 Å². The van der Waals surface area contributed by atoms with Gasteiger partial charge in [-0.1, -0.05) is 6.92 Å². The Balaban J connectivity index is 1.74. The Kier molecular flexibility index (Phi) is 3.79. The first-order chi connectivity index (χ1) is 14.7. The number of hydrogen-bond donors (Lipinski definition) is 1. The minimum atomic E-state index is -2.45. The fourth-order valence-electron chi connectivity index (χ4n) is 3.34. The van der Waals surface area contributed by atoms with Gasteiger partial charge in [-0.05, 0) is 19.9 Å². The van der Waals surface area contributed by atoms with Crippen molar-refractivity contribution >= 4 is 22.7 Å². The molecule has 1 aliphatic rings. The minimum Gasteiger partial charge on any atom is -0.472 e. The topological polar surface area (TPSA) is 103 Å². The van der Waals surface area contributed by atoms with E-state index in [1.54, 1.807) is 12.3 Å². The molecule has 2 atom stereocenters. The van der Waals surface area contributed by atoms with Crippen LogP contribution in [0.25, 0.3) is 11.0 Å². The number of aromatic nitrogens is 5. The number of nitrogens with one attached hydrogen (secondary N) is 1. The maximum atomic E-state index is 9.61. The second kappa shape index (κ2) is 7.13. The highest BCUT2D eigenvalue weighted by Gasteiger charge is 2.29. The number of hydrogen-bond acceptors (Lipinski definition) is 7. The summed E-state index contributed by atoms with van der Waals surface area (Å²) in [5.74, 6) is 0.611. The minimum absolute atomic E-state index is 0.00644. The van der Waals surface area contributed by atoms with E-state index < -0.39 is 6.98 Å². The van der Waals surface area contributed by atoms with Gasteiger partial charge in [-0.25, -0.2) is 4.98 Å². The maximum absolute atomic E-state index is 9.61. The number of ether oxygens (including phenoxy) is 2. The van der Waals surface area contributed by atoms with E-state index in [1.165, 1.54) is 6.20 Å². The van der Waals surface area contributed by atoms with Gasteiger partial charge in [0, 0.05) is 28.6 Å². The first-order valence-electron chi connectivity index (χ1n) is 10.6. The lowest BCUT2D eigenvalue weighted by Gasteiger charge is -2.17. The third-order valence-corrected chi connectivity index (χ3v) is 4.62. The molecular weight excluding hydrogens is 358 g/mol. The van der Waals surface area contributed by atoms with Crippen molar-refractivity contribution < 1.29 is 13.6 Å². The van der Waals surface area contributed by atoms with E-state index in [1.807, 2.05) is 18.4 Å². The summed E-state index contributed by atoms with van der Waals surface area (Å²) in [4.78, 5) is 8.93. The van der Waals surface area contributed by atoms with Gasteiger partial charge in [0.05, 0.1) is 31.6 Å². The Bertz CT molecular complexity index is 1150. The molecule has 0 spiro atoms. The summed E-state index contributed by atoms with van der Waals surface area (Å²) in [5, 5.41) is 17.4. The van der Waals surface area contributed by atoms with E-state index >= 15 is 0 Å². The monoisotopic (exact) mass is 384 g/mol. The largest absolute Gasteiger partial charge is 0.472 e. The molecule has 4 heterocycles. The molecule has 1 N–H and O–H groups in total. The van der Waals surface area contributed by atoms with Crippen molar-refractivity contribution in [2.75, 3.05) is 18.5 Å². The van der Waals surface area contributed by atoms with Gasteiger partial charge in [-0.15, -0.1) is 5.10 Å². The van der Waals surface area contributed by atoms with E-state index in [9.17, 15) is 5.26 Å². The lowest BCUT2D eigenvalue weighted by Crippen LogP contribution is -2.17. The Morgan fingerprint density at radius 3 is 3.00 bits per heavy atom. The Labute approximate surface area is 167 Å². The van der Waals surface area contributed by atoms with E-state index in [2.05, 4.69) is 33.4 Å². The Morgan fingerprint density at radius 1 is 1.46 bits per heavy atom. The third-order valence-electron chi connectivity index (χ3n) is 4.62. The van der Waals surface area contributed by atoms with Gasteiger partial charge >= 0.3 is 0 Å². The standard InChI is InChI=1S/C19H23N7O2/c1-11(2)28-18-15(8-25(4)24-18)22-19-21-7-13-5-14(6-20)26(17(13)23-19)16-10-27-9-12(16)3/h5,7-8,11-12,16H,9-10H2,1-4H3,(H,21,22,23)/t12-,16-/m0/s1/i4D3. The van der Waals surface area contributed by atoms with Crippen LogP contribution in [-0.4, -0.2) is 43.6 Å². The molecule has 146 valence electrons. The molecule has 1 aliphatic heterocycles. The van der Waals surface area contributed by atoms with Crippen LogP contribution < -0.4 is 10.1 Å². The van der Waals surface area contributed by atoms with Crippen LogP contribution in [0.2, 0.25) is 0 Å². The van der Waals surface area contributed by atoms with Crippen LogP contribution >= 0.6 is 0 Å². The van der Waals surface area contributed by atoms with E-state index in [-0.39, 0.29) is 29.9 Å². The number of anilines is 2. The normalized spacial score (nSPS) is 21.3. The highest BCUT2D eigenvalue weighted by atomic mass is 16.5. The number of aryl methyl sites for hydroxylation is 1. The molecule has 3 aromatic heterocycles. The quantitative estimate of drug-likeness (QED) is 0.721. The van der Waals surface area contributed by atoms with Gasteiger partial charge in [0.15, 0.2) is 0 Å². The summed E-state index contributed by atoms with van der Waals surface area (Å²) in [6.45, 7) is 4.39. The Morgan fingerprint density at radius 2 is 2.32 bits per heavy atom. The van der Waals surface area contributed by atoms with Crippen LogP contribution in [0.5, 0.6) is 5.88 Å². The summed E-state index contributed by atoms with van der Waals surface area (Å²) < 4.78 is 36.8. The predicted octanol–water partition coefficient (Wildman–Crippen LogP) is 2.77. The number of nitriles is 1. The van der Waals surface area contributed by atoms with Gasteiger partial charge in [0.2, 0.25) is 5.95 Å². The first-order valence-corrected chi connectivity index (χ1v) is 9.07. The van der Waals surface area contributed by atoms with E-state index in [4.69, 9.17) is 13.6 Å². The van der Waals surface area contributed by atoms with Crippen molar-refractivity contribution in [3.63, 3.8) is 0 Å². The molecule has 28 heavy (non-hydrogen) atoms. The fraction of sp³-hybridized carbons (Fsp3) is 0.474. The molecule has 9 nitrogen and oxygen atoms in total. The highest BCUT2D eigenvalue weighted by Crippen LogP contribution is 2.32. The van der Waals surface area contributed by atoms with Crippen molar-refractivity contribution in [3.8, 4) is 11.9 Å². The molecule has 0 unspecified atom stereocenters. The number of fused-ring (bicyclic) bond motifs is 1. The molecule has 0 aliphatic carbocycles. The number of rotatable bonds is 5. The Hall–Kier alpha value is -3.12. The van der Waals surface area contributed by atoms with Crippen molar-refractivity contribution in [1.82, 2.24) is 24.3 Å². The summed E-state index contributed by atoms with van der Waals surface area (Å²) in [5.41, 5.74) is 1.43. The van der Waals surface area contributed by atoms with Crippen LogP contribution in [0.3, 0.4) is 0 Å². The van der Waals surface area contributed by atoms with E-state index in [0.717, 1.165) is 10.1 Å². The van der Waals surface area contributed by atoms with Crippen LogP contribution in [0.4, 0.5) is 11.6 Å². The average molecular weight is 384 g/mol. The van der Waals surface area contributed by atoms with Crippen molar-refractivity contribution in [3.05, 3.63) is 24.2 Å². The lowest BCUT2D eigenvalue weighted by molar-refractivity contribution is 0.182. The SMILES string of the molecule is [2H]C([2H])([2H])n1cc(Nc2ncc3cc(C#N)n([C@H]4COC[C@@H]4C)c3n2)c(OC(C)C)n1. The molecule has 1 fully saturated rings. The molecule has 0 saturated carbocycles. The molecular formula is C19H23N7O2. The van der Waals surface area contributed by atoms with Gasteiger partial charge in [-0.2, -0.15) is 10.2 Å². The van der Waals surface area contributed by atoms with Crippen molar-refractivity contribution in [2.45, 2.75) is 32.9 Å². The molecule has 4 rings (SSSR count). The zero-order valence-corrected chi connectivity index (χ0v) is 15.9. The fourth-order valence-corrected chi connectivity index (χ4v) is 3.34. The second-order valence-electron chi connectivity index (χ2n) is 7.15. The summed E-state index contributed by atoms with van der Waals surface area (Å²) in [7, 11) is 0. The molecule has 1 saturated heterocycles. The molecule has 0 bridgehead atoms. The maximum Gasteiger partial charge on any atom is 0.257 e. The summed E-state index contributed by atoms with van der Waals surface area (Å²) >= 11 is 0. The molecule has 0 radical (unpaired) electrons. The first kappa shape index (κ1) is 14.9. The lowest BCUT2D eigenvalue weighted by atomic mass is 10.1. The van der Waals surface area contributed by atoms with Crippen LogP contribution in [0.1, 0.15) is 36.6 Å². The van der Waals surface area contributed by atoms with Gasteiger partial charge in [0.1, 0.15) is 23.1 Å². The van der Waals surface area contributed by atoms with Gasteiger partial charge < -0.3 is 19.4 Å². The second-order valence-corrected chi connectivity index (χ2v) is 7.15. The van der Waals surface area contributed by atoms with Crippen LogP contribution in [0, 0.1) is 17.2 Å². The van der Waals surface area contributed by atoms with Gasteiger partial charge in [-0.3, -0.25) is 4.68 Å². The highest BCUT2D eigenvalue weighted by molar-refractivity contribution is 5.79. The zero-order valence-electron chi connectivity index (χ0n) is 18.9. The zero-order chi connectivity index (χ0) is 22.3.